The molecule has 0 aliphatic carbocycles. The number of amides is 2. The molecule has 2 amide bonds. The molecular weight excluding hydrogens is 268 g/mol. The van der Waals surface area contributed by atoms with Crippen LogP contribution in [0.4, 0.5) is 10.5 Å². The summed E-state index contributed by atoms with van der Waals surface area (Å²) in [7, 11) is 0. The smallest absolute Gasteiger partial charge is 0.335 e. The summed E-state index contributed by atoms with van der Waals surface area (Å²) in [6.07, 6.45) is 2.07. The zero-order chi connectivity index (χ0) is 15.8. The summed E-state index contributed by atoms with van der Waals surface area (Å²) >= 11 is 0. The Labute approximate surface area is 126 Å². The van der Waals surface area contributed by atoms with Gasteiger partial charge in [-0.1, -0.05) is 32.8 Å². The van der Waals surface area contributed by atoms with Crippen LogP contribution in [-0.4, -0.2) is 35.1 Å². The molecule has 0 aliphatic heterocycles. The first-order chi connectivity index (χ1) is 10.0. The highest BCUT2D eigenvalue weighted by Crippen LogP contribution is 2.14. The third kappa shape index (κ3) is 5.10. The molecule has 0 spiro atoms. The Morgan fingerprint density at radius 2 is 1.90 bits per heavy atom. The van der Waals surface area contributed by atoms with Gasteiger partial charge in [-0.25, -0.2) is 9.59 Å². The van der Waals surface area contributed by atoms with E-state index in [2.05, 4.69) is 19.2 Å². The molecule has 0 saturated heterocycles. The molecule has 0 unspecified atom stereocenters. The second-order valence-corrected chi connectivity index (χ2v) is 5.04. The summed E-state index contributed by atoms with van der Waals surface area (Å²) in [4.78, 5) is 24.9. The Hall–Kier alpha value is -2.04. The molecule has 0 atom stereocenters. The summed E-state index contributed by atoms with van der Waals surface area (Å²) in [5.74, 6) is -0.517. The Kier molecular flexibility index (Phi) is 6.72. The first-order valence-electron chi connectivity index (χ1n) is 7.41. The molecule has 0 aliphatic rings. The molecule has 0 fully saturated rings. The zero-order valence-corrected chi connectivity index (χ0v) is 12.9. The molecule has 5 heteroatoms. The summed E-state index contributed by atoms with van der Waals surface area (Å²) in [5, 5.41) is 11.7. The third-order valence-electron chi connectivity index (χ3n) is 3.66. The van der Waals surface area contributed by atoms with E-state index in [-0.39, 0.29) is 11.6 Å². The quantitative estimate of drug-likeness (QED) is 0.805. The van der Waals surface area contributed by atoms with Gasteiger partial charge in [0.05, 0.1) is 5.56 Å². The summed E-state index contributed by atoms with van der Waals surface area (Å²) in [6.45, 7) is 7.52. The fourth-order valence-corrected chi connectivity index (χ4v) is 2.15. The van der Waals surface area contributed by atoms with Gasteiger partial charge >= 0.3 is 12.0 Å². The van der Waals surface area contributed by atoms with Gasteiger partial charge in [-0.05, 0) is 31.0 Å². The molecule has 0 bridgehead atoms. The fourth-order valence-electron chi connectivity index (χ4n) is 2.15. The number of nitrogens with zero attached hydrogens (tertiary/aromatic N) is 1. The number of carbonyl (C=O) groups is 2. The van der Waals surface area contributed by atoms with Gasteiger partial charge < -0.3 is 15.3 Å². The van der Waals surface area contributed by atoms with Crippen molar-refractivity contribution < 1.29 is 14.7 Å². The van der Waals surface area contributed by atoms with Crippen LogP contribution in [0.2, 0.25) is 0 Å². The lowest BCUT2D eigenvalue weighted by Gasteiger charge is -2.25. The second kappa shape index (κ2) is 8.29. The van der Waals surface area contributed by atoms with Crippen LogP contribution in [0.1, 0.15) is 44.0 Å². The van der Waals surface area contributed by atoms with Gasteiger partial charge in [-0.15, -0.1) is 0 Å². The van der Waals surface area contributed by atoms with Crippen LogP contribution in [0.5, 0.6) is 0 Å². The Morgan fingerprint density at radius 1 is 1.24 bits per heavy atom. The van der Waals surface area contributed by atoms with Crippen molar-refractivity contribution in [3.63, 3.8) is 0 Å². The highest BCUT2D eigenvalue weighted by Gasteiger charge is 2.16. The van der Waals surface area contributed by atoms with Crippen LogP contribution in [0.25, 0.3) is 0 Å². The van der Waals surface area contributed by atoms with Gasteiger partial charge in [0, 0.05) is 18.8 Å². The molecule has 1 aromatic carbocycles. The number of rotatable bonds is 7. The monoisotopic (exact) mass is 292 g/mol. The van der Waals surface area contributed by atoms with E-state index in [4.69, 9.17) is 5.11 Å². The number of benzene rings is 1. The van der Waals surface area contributed by atoms with Gasteiger partial charge in [0.1, 0.15) is 0 Å². The summed E-state index contributed by atoms with van der Waals surface area (Å²) < 4.78 is 0. The van der Waals surface area contributed by atoms with Crippen LogP contribution < -0.4 is 5.32 Å². The molecule has 0 saturated carbocycles. The van der Waals surface area contributed by atoms with E-state index in [1.807, 2.05) is 6.92 Å². The maximum Gasteiger partial charge on any atom is 0.335 e. The first kappa shape index (κ1) is 17.0. The first-order valence-corrected chi connectivity index (χ1v) is 7.41. The number of carboxylic acid groups (broad SMARTS) is 1. The van der Waals surface area contributed by atoms with Crippen molar-refractivity contribution in [3.8, 4) is 0 Å². The highest BCUT2D eigenvalue weighted by molar-refractivity contribution is 5.93. The van der Waals surface area contributed by atoms with Crippen molar-refractivity contribution >= 4 is 17.7 Å². The number of nitrogens with one attached hydrogen (secondary N) is 1. The van der Waals surface area contributed by atoms with Gasteiger partial charge in [-0.3, -0.25) is 0 Å². The van der Waals surface area contributed by atoms with E-state index in [0.29, 0.717) is 24.7 Å². The molecule has 21 heavy (non-hydrogen) atoms. The van der Waals surface area contributed by atoms with E-state index in [9.17, 15) is 9.59 Å². The Balaban J connectivity index is 2.73. The van der Waals surface area contributed by atoms with Crippen molar-refractivity contribution in [2.24, 2.45) is 5.92 Å². The second-order valence-electron chi connectivity index (χ2n) is 5.04. The lowest BCUT2D eigenvalue weighted by atomic mass is 10.0. The summed E-state index contributed by atoms with van der Waals surface area (Å²) in [6, 6.07) is 6.09. The molecule has 1 aromatic rings. The number of carbonyl (C=O) groups excluding carboxylic acids is 1. The average Bonchev–Trinajstić information content (AvgIpc) is 2.48. The van der Waals surface area contributed by atoms with E-state index >= 15 is 0 Å². The van der Waals surface area contributed by atoms with Crippen molar-refractivity contribution in [1.82, 2.24) is 4.90 Å². The van der Waals surface area contributed by atoms with Crippen molar-refractivity contribution in [1.29, 1.82) is 0 Å². The van der Waals surface area contributed by atoms with E-state index in [1.54, 1.807) is 17.0 Å². The largest absolute Gasteiger partial charge is 0.478 e. The molecule has 116 valence electrons. The van der Waals surface area contributed by atoms with E-state index < -0.39 is 5.97 Å². The molecule has 0 radical (unpaired) electrons. The minimum Gasteiger partial charge on any atom is -0.478 e. The van der Waals surface area contributed by atoms with Gasteiger partial charge in [0.15, 0.2) is 0 Å². The van der Waals surface area contributed by atoms with Gasteiger partial charge in [0.2, 0.25) is 0 Å². The van der Waals surface area contributed by atoms with Crippen molar-refractivity contribution in [2.45, 2.75) is 33.6 Å². The number of aromatic carboxylic acids is 1. The molecule has 0 aromatic heterocycles. The number of hydrogen-bond acceptors (Lipinski definition) is 2. The molecule has 5 nitrogen and oxygen atoms in total. The zero-order valence-electron chi connectivity index (χ0n) is 12.9. The highest BCUT2D eigenvalue weighted by atomic mass is 16.4. The van der Waals surface area contributed by atoms with Gasteiger partial charge in [-0.2, -0.15) is 0 Å². The predicted octanol–water partition coefficient (Wildman–Crippen LogP) is 3.67. The minimum atomic E-state index is -1.00. The Bertz CT molecular complexity index is 484. The summed E-state index contributed by atoms with van der Waals surface area (Å²) in [5.41, 5.74) is 0.665. The van der Waals surface area contributed by atoms with Crippen LogP contribution >= 0.6 is 0 Å². The maximum absolute atomic E-state index is 12.3. The molecule has 0 heterocycles. The maximum atomic E-state index is 12.3. The van der Waals surface area contributed by atoms with Crippen LogP contribution in [-0.2, 0) is 0 Å². The van der Waals surface area contributed by atoms with Crippen LogP contribution in [0.3, 0.4) is 0 Å². The number of hydrogen-bond donors (Lipinski definition) is 2. The lowest BCUT2D eigenvalue weighted by Crippen LogP contribution is -2.38. The molecule has 2 N–H and O–H groups in total. The number of anilines is 1. The SMILES string of the molecule is CCC(CC)CN(CC)C(=O)Nc1cccc(C(=O)O)c1. The fraction of sp³-hybridized carbons (Fsp3) is 0.500. The average molecular weight is 292 g/mol. The van der Waals surface area contributed by atoms with Crippen LogP contribution in [0, 0.1) is 5.92 Å². The minimum absolute atomic E-state index is 0.163. The van der Waals surface area contributed by atoms with E-state index in [0.717, 1.165) is 12.8 Å². The lowest BCUT2D eigenvalue weighted by molar-refractivity contribution is 0.0697. The third-order valence-corrected chi connectivity index (χ3v) is 3.66. The number of carboxylic acids is 1. The van der Waals surface area contributed by atoms with Crippen molar-refractivity contribution in [2.75, 3.05) is 18.4 Å². The normalized spacial score (nSPS) is 10.5. The standard InChI is InChI=1S/C16H24N2O3/c1-4-12(5-2)11-18(6-3)16(21)17-14-9-7-8-13(10-14)15(19)20/h7-10,12H,4-6,11H2,1-3H3,(H,17,21)(H,19,20). The van der Waals surface area contributed by atoms with Crippen LogP contribution in [0.15, 0.2) is 24.3 Å². The molecule has 1 rings (SSSR count). The molecular formula is C16H24N2O3. The topological polar surface area (TPSA) is 69.6 Å². The van der Waals surface area contributed by atoms with Gasteiger partial charge in [0.25, 0.3) is 0 Å². The predicted molar refractivity (Wildman–Crippen MR) is 83.7 cm³/mol. The number of urea groups is 1. The Morgan fingerprint density at radius 3 is 2.43 bits per heavy atom. The van der Waals surface area contributed by atoms with E-state index in [1.165, 1.54) is 12.1 Å². The van der Waals surface area contributed by atoms with Crippen molar-refractivity contribution in [3.05, 3.63) is 29.8 Å².